The number of hydrogen-bond acceptors (Lipinski definition) is 3. The maximum absolute atomic E-state index is 5.28. The fraction of sp³-hybridized carbons (Fsp3) is 0.231. The van der Waals surface area contributed by atoms with E-state index in [1.54, 1.807) is 6.26 Å². The first kappa shape index (κ1) is 9.33. The summed E-state index contributed by atoms with van der Waals surface area (Å²) in [6.07, 6.45) is 6.71. The highest BCUT2D eigenvalue weighted by atomic mass is 16.5. The molecule has 3 nitrogen and oxygen atoms in total. The Labute approximate surface area is 94.4 Å². The second-order valence-electron chi connectivity index (χ2n) is 4.03. The van der Waals surface area contributed by atoms with Crippen LogP contribution >= 0.6 is 0 Å². The van der Waals surface area contributed by atoms with E-state index in [0.717, 1.165) is 12.8 Å². The molecule has 2 aliphatic rings. The van der Waals surface area contributed by atoms with Crippen LogP contribution in [0.15, 0.2) is 48.9 Å². The van der Waals surface area contributed by atoms with Gasteiger partial charge in [-0.25, -0.2) is 0 Å². The van der Waals surface area contributed by atoms with Crippen LogP contribution in [0.4, 0.5) is 0 Å². The molecule has 3 rings (SSSR count). The summed E-state index contributed by atoms with van der Waals surface area (Å²) < 4.78 is 10.3. The summed E-state index contributed by atoms with van der Waals surface area (Å²) >= 11 is 0. The van der Waals surface area contributed by atoms with E-state index in [1.165, 1.54) is 23.7 Å². The van der Waals surface area contributed by atoms with Crippen LogP contribution in [0.2, 0.25) is 0 Å². The summed E-state index contributed by atoms with van der Waals surface area (Å²) in [6.45, 7) is 0. The summed E-state index contributed by atoms with van der Waals surface area (Å²) in [7, 11) is 0. The van der Waals surface area contributed by atoms with Crippen molar-refractivity contribution < 1.29 is 9.47 Å². The molecule has 0 unspecified atom stereocenters. The zero-order chi connectivity index (χ0) is 10.8. The molecule has 16 heavy (non-hydrogen) atoms. The van der Waals surface area contributed by atoms with Crippen molar-refractivity contribution >= 4 is 0 Å². The summed E-state index contributed by atoms with van der Waals surface area (Å²) in [5.41, 5.74) is 2.85. The summed E-state index contributed by atoms with van der Waals surface area (Å²) in [5, 5.41) is 3.33. The first-order valence-electron chi connectivity index (χ1n) is 5.42. The Kier molecular flexibility index (Phi) is 2.29. The maximum atomic E-state index is 5.28. The van der Waals surface area contributed by atoms with Crippen LogP contribution in [-0.4, -0.2) is 6.04 Å². The quantitative estimate of drug-likeness (QED) is 0.819. The van der Waals surface area contributed by atoms with Crippen LogP contribution in [0.25, 0.3) is 0 Å². The van der Waals surface area contributed by atoms with Gasteiger partial charge in [-0.05, 0) is 24.0 Å². The normalized spacial score (nSPS) is 18.4. The molecule has 1 N–H and O–H groups in total. The fourth-order valence-electron chi connectivity index (χ4n) is 2.19. The second kappa shape index (κ2) is 3.93. The second-order valence-corrected chi connectivity index (χ2v) is 4.03. The molecule has 1 aromatic carbocycles. The monoisotopic (exact) mass is 215 g/mol. The molecular weight excluding hydrogens is 202 g/mol. The van der Waals surface area contributed by atoms with Gasteiger partial charge in [-0.1, -0.05) is 24.3 Å². The Hall–Kier alpha value is -1.90. The predicted molar refractivity (Wildman–Crippen MR) is 60.2 cm³/mol. The molecule has 1 aromatic rings. The smallest absolute Gasteiger partial charge is 0.228 e. The Balaban J connectivity index is 1.66. The number of fused-ring (bicyclic) bond motifs is 1. The molecule has 1 heterocycles. The van der Waals surface area contributed by atoms with Crippen molar-refractivity contribution in [3.8, 4) is 0 Å². The number of ether oxygens (including phenoxy) is 2. The Bertz CT molecular complexity index is 426. The van der Waals surface area contributed by atoms with E-state index in [1.807, 2.05) is 0 Å². The van der Waals surface area contributed by atoms with Crippen molar-refractivity contribution in [1.29, 1.82) is 0 Å². The molecule has 0 saturated carbocycles. The van der Waals surface area contributed by atoms with E-state index in [4.69, 9.17) is 9.47 Å². The minimum absolute atomic E-state index is 0.402. The van der Waals surface area contributed by atoms with Gasteiger partial charge in [-0.3, -0.25) is 0 Å². The first-order valence-corrected chi connectivity index (χ1v) is 5.42. The topological polar surface area (TPSA) is 30.5 Å². The van der Waals surface area contributed by atoms with E-state index in [-0.39, 0.29) is 0 Å². The summed E-state index contributed by atoms with van der Waals surface area (Å²) in [5.74, 6) is 0.681. The Morgan fingerprint density at radius 2 is 1.81 bits per heavy atom. The molecular formula is C13H13NO2. The highest BCUT2D eigenvalue weighted by Crippen LogP contribution is 2.22. The molecule has 0 spiro atoms. The Morgan fingerprint density at radius 1 is 1.06 bits per heavy atom. The van der Waals surface area contributed by atoms with Gasteiger partial charge in [0, 0.05) is 6.04 Å². The molecule has 3 heteroatoms. The van der Waals surface area contributed by atoms with E-state index in [2.05, 4.69) is 29.6 Å². The zero-order valence-electron chi connectivity index (χ0n) is 8.85. The van der Waals surface area contributed by atoms with Gasteiger partial charge in [0.25, 0.3) is 0 Å². The van der Waals surface area contributed by atoms with E-state index in [0.29, 0.717) is 11.9 Å². The maximum Gasteiger partial charge on any atom is 0.228 e. The van der Waals surface area contributed by atoms with E-state index < -0.39 is 0 Å². The third kappa shape index (κ3) is 1.76. The van der Waals surface area contributed by atoms with Crippen LogP contribution in [0.3, 0.4) is 0 Å². The zero-order valence-corrected chi connectivity index (χ0v) is 8.85. The first-order chi connectivity index (χ1) is 7.92. The number of benzene rings is 1. The van der Waals surface area contributed by atoms with Gasteiger partial charge in [0.1, 0.15) is 12.5 Å². The van der Waals surface area contributed by atoms with Crippen LogP contribution < -0.4 is 5.32 Å². The van der Waals surface area contributed by atoms with Gasteiger partial charge in [-0.15, -0.1) is 0 Å². The number of rotatable bonds is 2. The summed E-state index contributed by atoms with van der Waals surface area (Å²) in [6, 6.07) is 8.94. The number of nitrogens with one attached hydrogen (secondary N) is 1. The molecule has 0 saturated heterocycles. The van der Waals surface area contributed by atoms with E-state index in [9.17, 15) is 0 Å². The predicted octanol–water partition coefficient (Wildman–Crippen LogP) is 2.06. The minimum Gasteiger partial charge on any atom is -0.464 e. The van der Waals surface area contributed by atoms with Crippen LogP contribution in [-0.2, 0) is 22.3 Å². The van der Waals surface area contributed by atoms with Crippen molar-refractivity contribution in [2.45, 2.75) is 18.9 Å². The van der Waals surface area contributed by atoms with Gasteiger partial charge < -0.3 is 14.8 Å². The Morgan fingerprint density at radius 3 is 2.44 bits per heavy atom. The van der Waals surface area contributed by atoms with Gasteiger partial charge >= 0.3 is 0 Å². The van der Waals surface area contributed by atoms with Crippen LogP contribution in [0, 0.1) is 0 Å². The molecule has 0 bridgehead atoms. The molecule has 0 fully saturated rings. The standard InChI is InChI=1S/C13H13NO2/c1-2-4-11-8-12(7-10(11)3-1)14-13-9-15-5-6-16-13/h1-6,9,12,14H,7-8H2. The lowest BCUT2D eigenvalue weighted by Crippen LogP contribution is -2.30. The highest BCUT2D eigenvalue weighted by molar-refractivity contribution is 5.33. The van der Waals surface area contributed by atoms with Crippen LogP contribution in [0.1, 0.15) is 11.1 Å². The van der Waals surface area contributed by atoms with Crippen molar-refractivity contribution in [2.75, 3.05) is 0 Å². The fourth-order valence-corrected chi connectivity index (χ4v) is 2.19. The van der Waals surface area contributed by atoms with Gasteiger partial charge in [0.05, 0.1) is 0 Å². The lowest BCUT2D eigenvalue weighted by molar-refractivity contribution is 0.226. The molecule has 0 atom stereocenters. The molecule has 82 valence electrons. The molecule has 1 aliphatic heterocycles. The molecule has 0 amide bonds. The largest absolute Gasteiger partial charge is 0.464 e. The van der Waals surface area contributed by atoms with Crippen molar-refractivity contribution in [3.05, 3.63) is 60.1 Å². The molecule has 1 aliphatic carbocycles. The molecule has 0 aromatic heterocycles. The average Bonchev–Trinajstić information content (AvgIpc) is 2.72. The van der Waals surface area contributed by atoms with Crippen molar-refractivity contribution in [2.24, 2.45) is 0 Å². The van der Waals surface area contributed by atoms with Gasteiger partial charge in [0.15, 0.2) is 6.26 Å². The van der Waals surface area contributed by atoms with Crippen LogP contribution in [0.5, 0.6) is 0 Å². The lowest BCUT2D eigenvalue weighted by Gasteiger charge is -2.16. The average molecular weight is 215 g/mol. The minimum atomic E-state index is 0.402. The SMILES string of the molecule is C1=COC(NC2Cc3ccccc3C2)=CO1. The van der Waals surface area contributed by atoms with E-state index >= 15 is 0 Å². The lowest BCUT2D eigenvalue weighted by atomic mass is 10.1. The van der Waals surface area contributed by atoms with Gasteiger partial charge in [-0.2, -0.15) is 0 Å². The summed E-state index contributed by atoms with van der Waals surface area (Å²) in [4.78, 5) is 0. The van der Waals surface area contributed by atoms with Crippen molar-refractivity contribution in [3.63, 3.8) is 0 Å². The third-order valence-corrected chi connectivity index (χ3v) is 2.90. The highest BCUT2D eigenvalue weighted by Gasteiger charge is 2.21. The van der Waals surface area contributed by atoms with Crippen molar-refractivity contribution in [1.82, 2.24) is 5.32 Å². The number of hydrogen-bond donors (Lipinski definition) is 1. The molecule has 0 radical (unpaired) electrons. The third-order valence-electron chi connectivity index (χ3n) is 2.90. The van der Waals surface area contributed by atoms with Gasteiger partial charge in [0.2, 0.25) is 5.88 Å².